The van der Waals surface area contributed by atoms with Crippen molar-refractivity contribution in [2.75, 3.05) is 31.7 Å². The van der Waals surface area contributed by atoms with Crippen molar-refractivity contribution in [2.24, 2.45) is 17.3 Å². The molecule has 0 bridgehead atoms. The van der Waals surface area contributed by atoms with Gasteiger partial charge in [0.2, 0.25) is 5.88 Å². The largest absolute Gasteiger partial charge is 0.489 e. The lowest BCUT2D eigenvalue weighted by Gasteiger charge is -2.26. The van der Waals surface area contributed by atoms with Crippen molar-refractivity contribution in [3.8, 4) is 28.8 Å². The minimum absolute atomic E-state index is 0.113. The molecule has 4 aromatic heterocycles. The summed E-state index contributed by atoms with van der Waals surface area (Å²) in [4.78, 5) is 24.7. The van der Waals surface area contributed by atoms with Gasteiger partial charge < -0.3 is 19.5 Å². The Morgan fingerprint density at radius 3 is 2.51 bits per heavy atom. The Kier molecular flexibility index (Phi) is 7.30. The number of anilines is 1. The highest BCUT2D eigenvalue weighted by Gasteiger charge is 2.50. The van der Waals surface area contributed by atoms with Gasteiger partial charge in [-0.3, -0.25) is 4.79 Å². The molecule has 1 aliphatic heterocycles. The van der Waals surface area contributed by atoms with E-state index in [0.717, 1.165) is 48.4 Å². The SMILES string of the molecule is COc1ccc(CC(=O)C2(C)C[C@H]3CN(c4ccc(-c5cc(OCC(C)(C)O)cn6ncc(C#N)c56)cn4)C[C@H]3C2)cn1. The van der Waals surface area contributed by atoms with Crippen molar-refractivity contribution in [1.29, 1.82) is 5.26 Å². The Morgan fingerprint density at radius 1 is 1.14 bits per heavy atom. The normalized spacial score (nSPS) is 21.5. The quantitative estimate of drug-likeness (QED) is 0.305. The van der Waals surface area contributed by atoms with Crippen molar-refractivity contribution in [3.63, 3.8) is 0 Å². The van der Waals surface area contributed by atoms with Gasteiger partial charge in [-0.1, -0.05) is 13.0 Å². The predicted molar refractivity (Wildman–Crippen MR) is 161 cm³/mol. The summed E-state index contributed by atoms with van der Waals surface area (Å²) in [5.41, 5.74) is 2.35. The maximum atomic E-state index is 13.3. The highest BCUT2D eigenvalue weighted by atomic mass is 16.5. The van der Waals surface area contributed by atoms with Crippen molar-refractivity contribution >= 4 is 17.1 Å². The van der Waals surface area contributed by atoms with E-state index in [1.165, 1.54) is 6.20 Å². The Labute approximate surface area is 250 Å². The second kappa shape index (κ2) is 11.0. The molecule has 4 aromatic rings. The smallest absolute Gasteiger partial charge is 0.212 e. The lowest BCUT2D eigenvalue weighted by atomic mass is 9.80. The summed E-state index contributed by atoms with van der Waals surface area (Å²) in [5, 5.41) is 24.1. The summed E-state index contributed by atoms with van der Waals surface area (Å²) >= 11 is 0. The van der Waals surface area contributed by atoms with Crippen LogP contribution >= 0.6 is 0 Å². The van der Waals surface area contributed by atoms with Gasteiger partial charge in [0.15, 0.2) is 0 Å². The molecular formula is C33H36N6O4. The molecule has 6 rings (SSSR count). The Bertz CT molecular complexity index is 1670. The number of nitrogens with zero attached hydrogens (tertiary/aromatic N) is 6. The molecule has 10 nitrogen and oxygen atoms in total. The third-order valence-corrected chi connectivity index (χ3v) is 8.73. The molecule has 1 unspecified atom stereocenters. The molecule has 5 heterocycles. The average Bonchev–Trinajstić information content (AvgIpc) is 3.67. The van der Waals surface area contributed by atoms with Gasteiger partial charge in [-0.15, -0.1) is 0 Å². The molecule has 0 aromatic carbocycles. The predicted octanol–water partition coefficient (Wildman–Crippen LogP) is 4.49. The number of Topliss-reactive ketones (excluding diaryl/α,β-unsaturated/α-hetero) is 1. The maximum Gasteiger partial charge on any atom is 0.212 e. The van der Waals surface area contributed by atoms with Crippen LogP contribution in [0.1, 0.15) is 44.7 Å². The fraction of sp³-hybridized carbons (Fsp3) is 0.424. The zero-order valence-corrected chi connectivity index (χ0v) is 24.9. The van der Waals surface area contributed by atoms with Crippen LogP contribution in [0.3, 0.4) is 0 Å². The first-order valence-corrected chi connectivity index (χ1v) is 14.6. The van der Waals surface area contributed by atoms with Gasteiger partial charge in [0.1, 0.15) is 30.0 Å². The molecule has 2 fully saturated rings. The molecule has 1 aliphatic carbocycles. The lowest BCUT2D eigenvalue weighted by Crippen LogP contribution is -2.30. The van der Waals surface area contributed by atoms with Crippen LogP contribution in [-0.2, 0) is 11.2 Å². The van der Waals surface area contributed by atoms with Gasteiger partial charge >= 0.3 is 0 Å². The van der Waals surface area contributed by atoms with Crippen LogP contribution < -0.4 is 14.4 Å². The van der Waals surface area contributed by atoms with Gasteiger partial charge in [-0.25, -0.2) is 14.5 Å². The van der Waals surface area contributed by atoms with E-state index in [1.807, 2.05) is 30.5 Å². The third-order valence-electron chi connectivity index (χ3n) is 8.73. The van der Waals surface area contributed by atoms with Crippen molar-refractivity contribution < 1.29 is 19.4 Å². The number of rotatable bonds is 9. The highest BCUT2D eigenvalue weighted by Crippen LogP contribution is 2.50. The number of pyridine rings is 3. The highest BCUT2D eigenvalue weighted by molar-refractivity contribution is 5.87. The number of aliphatic hydroxyl groups is 1. The fourth-order valence-electron chi connectivity index (χ4n) is 6.56. The number of hydrogen-bond acceptors (Lipinski definition) is 9. The van der Waals surface area contributed by atoms with E-state index in [1.54, 1.807) is 43.9 Å². The molecule has 10 heteroatoms. The van der Waals surface area contributed by atoms with Crippen LogP contribution in [0, 0.1) is 28.6 Å². The number of carbonyl (C=O) groups is 1. The first-order chi connectivity index (χ1) is 20.5. The molecule has 43 heavy (non-hydrogen) atoms. The summed E-state index contributed by atoms with van der Waals surface area (Å²) in [6, 6.07) is 11.8. The van der Waals surface area contributed by atoms with Crippen LogP contribution in [0.2, 0.25) is 0 Å². The number of carbonyl (C=O) groups excluding carboxylic acids is 1. The van der Waals surface area contributed by atoms with Gasteiger partial charge in [0.25, 0.3) is 0 Å². The summed E-state index contributed by atoms with van der Waals surface area (Å²) in [5.74, 6) is 3.15. The number of ether oxygens (including phenoxy) is 2. The number of nitriles is 1. The van der Waals surface area contributed by atoms with Gasteiger partial charge in [0.05, 0.1) is 36.2 Å². The molecule has 0 radical (unpaired) electrons. The van der Waals surface area contributed by atoms with Crippen molar-refractivity contribution in [1.82, 2.24) is 19.6 Å². The third kappa shape index (κ3) is 5.77. The second-order valence-electron chi connectivity index (χ2n) is 12.8. The van der Waals surface area contributed by atoms with Crippen LogP contribution in [-0.4, -0.2) is 62.9 Å². The summed E-state index contributed by atoms with van der Waals surface area (Å²) in [6.45, 7) is 7.34. The van der Waals surface area contributed by atoms with E-state index in [2.05, 4.69) is 28.0 Å². The zero-order chi connectivity index (χ0) is 30.4. The zero-order valence-electron chi connectivity index (χ0n) is 24.9. The molecule has 1 saturated carbocycles. The van der Waals surface area contributed by atoms with E-state index < -0.39 is 5.60 Å². The maximum absolute atomic E-state index is 13.3. The first-order valence-electron chi connectivity index (χ1n) is 14.6. The van der Waals surface area contributed by atoms with E-state index in [4.69, 9.17) is 14.5 Å². The standard InChI is InChI=1S/C33H36N6O4/c1-32(2,41)20-43-26-10-27(31-25(13-34)16-37-39(31)19-26)22-6-7-29(35-15-22)38-17-23-11-33(3,12-24(23)18-38)28(40)9-21-5-8-30(42-4)36-14-21/h5-8,10,14-16,19,23-24,41H,9,11-12,17-18,20H2,1-4H3/t23-,24+,33?. The molecule has 3 atom stereocenters. The summed E-state index contributed by atoms with van der Waals surface area (Å²) in [7, 11) is 1.58. The first kappa shape index (κ1) is 28.6. The average molecular weight is 581 g/mol. The van der Waals surface area contributed by atoms with Crippen LogP contribution in [0.4, 0.5) is 5.82 Å². The van der Waals surface area contributed by atoms with E-state index >= 15 is 0 Å². The minimum atomic E-state index is -0.993. The van der Waals surface area contributed by atoms with Gasteiger partial charge in [0, 0.05) is 54.5 Å². The van der Waals surface area contributed by atoms with Gasteiger partial charge in [-0.2, -0.15) is 10.4 Å². The summed E-state index contributed by atoms with van der Waals surface area (Å²) < 4.78 is 12.6. The minimum Gasteiger partial charge on any atom is -0.489 e. The second-order valence-corrected chi connectivity index (χ2v) is 12.8. The Balaban J connectivity index is 1.15. The topological polar surface area (TPSA) is 126 Å². The van der Waals surface area contributed by atoms with Gasteiger partial charge in [-0.05, 0) is 62.3 Å². The van der Waals surface area contributed by atoms with Crippen LogP contribution in [0.15, 0.2) is 55.1 Å². The molecule has 1 saturated heterocycles. The number of methoxy groups -OCH3 is 1. The van der Waals surface area contributed by atoms with Crippen LogP contribution in [0.5, 0.6) is 11.6 Å². The number of aromatic nitrogens is 4. The number of hydrogen-bond donors (Lipinski definition) is 1. The molecule has 0 spiro atoms. The number of fused-ring (bicyclic) bond motifs is 2. The van der Waals surface area contributed by atoms with Crippen LogP contribution in [0.25, 0.3) is 16.6 Å². The monoisotopic (exact) mass is 580 g/mol. The summed E-state index contributed by atoms with van der Waals surface area (Å²) in [6.07, 6.45) is 8.94. The molecular weight excluding hydrogens is 544 g/mol. The molecule has 2 aliphatic rings. The van der Waals surface area contributed by atoms with Crippen molar-refractivity contribution in [2.45, 2.75) is 45.6 Å². The van der Waals surface area contributed by atoms with E-state index in [0.29, 0.717) is 41.0 Å². The number of ketones is 1. The lowest BCUT2D eigenvalue weighted by molar-refractivity contribution is -0.127. The Hall–Kier alpha value is -4.49. The van der Waals surface area contributed by atoms with E-state index in [-0.39, 0.29) is 17.8 Å². The molecule has 222 valence electrons. The molecule has 1 N–H and O–H groups in total. The van der Waals surface area contributed by atoms with E-state index in [9.17, 15) is 15.2 Å². The van der Waals surface area contributed by atoms with Crippen molar-refractivity contribution in [3.05, 3.63) is 66.2 Å². The Morgan fingerprint density at radius 2 is 1.91 bits per heavy atom. The molecule has 0 amide bonds. The fourth-order valence-corrected chi connectivity index (χ4v) is 6.56.